The summed E-state index contributed by atoms with van der Waals surface area (Å²) in [6.07, 6.45) is 4.66. The van der Waals surface area contributed by atoms with Crippen LogP contribution in [0.15, 0.2) is 18.2 Å². The van der Waals surface area contributed by atoms with Crippen molar-refractivity contribution in [2.24, 2.45) is 5.92 Å². The quantitative estimate of drug-likeness (QED) is 0.555. The molecule has 5 heteroatoms. The van der Waals surface area contributed by atoms with E-state index in [4.69, 9.17) is 0 Å². The summed E-state index contributed by atoms with van der Waals surface area (Å²) in [4.78, 5) is 10.9. The molecule has 0 aromatic heterocycles. The molecule has 0 bridgehead atoms. The van der Waals surface area contributed by atoms with Gasteiger partial charge in [0, 0.05) is 13.1 Å². The third-order valence-corrected chi connectivity index (χ3v) is 3.35. The molecule has 1 aliphatic carbocycles. The number of benzene rings is 1. The van der Waals surface area contributed by atoms with Crippen LogP contribution in [-0.2, 0) is 0 Å². The Morgan fingerprint density at radius 3 is 2.42 bits per heavy atom. The first kappa shape index (κ1) is 13.6. The first-order valence-electron chi connectivity index (χ1n) is 6.97. The Balaban J connectivity index is 2.07. The van der Waals surface area contributed by atoms with Gasteiger partial charge in [-0.3, -0.25) is 10.1 Å². The number of para-hydroxylation sites is 1. The molecule has 19 heavy (non-hydrogen) atoms. The van der Waals surface area contributed by atoms with Crippen molar-refractivity contribution in [3.8, 4) is 0 Å². The minimum absolute atomic E-state index is 0.159. The van der Waals surface area contributed by atoms with Crippen molar-refractivity contribution in [2.75, 3.05) is 23.7 Å². The smallest absolute Gasteiger partial charge is 0.315 e. The lowest BCUT2D eigenvalue weighted by atomic mass is 10.2. The van der Waals surface area contributed by atoms with Crippen molar-refractivity contribution >= 4 is 17.1 Å². The van der Waals surface area contributed by atoms with E-state index in [0.717, 1.165) is 31.8 Å². The summed E-state index contributed by atoms with van der Waals surface area (Å²) in [6.45, 7) is 3.59. The highest BCUT2D eigenvalue weighted by Gasteiger charge is 2.22. The molecule has 0 amide bonds. The third-order valence-electron chi connectivity index (χ3n) is 3.35. The molecule has 0 atom stereocenters. The van der Waals surface area contributed by atoms with Crippen LogP contribution >= 0.6 is 0 Å². The lowest BCUT2D eigenvalue weighted by Crippen LogP contribution is -2.08. The maximum atomic E-state index is 11.2. The van der Waals surface area contributed by atoms with Crippen LogP contribution in [0.3, 0.4) is 0 Å². The topological polar surface area (TPSA) is 67.2 Å². The van der Waals surface area contributed by atoms with E-state index >= 15 is 0 Å². The van der Waals surface area contributed by atoms with Crippen molar-refractivity contribution in [1.82, 2.24) is 0 Å². The molecule has 0 heterocycles. The molecule has 1 fully saturated rings. The Morgan fingerprint density at radius 2 is 1.89 bits per heavy atom. The number of hydrogen-bond acceptors (Lipinski definition) is 4. The summed E-state index contributed by atoms with van der Waals surface area (Å²) in [6, 6.07) is 5.40. The van der Waals surface area contributed by atoms with Gasteiger partial charge in [0.15, 0.2) is 0 Å². The molecule has 1 aromatic carbocycles. The maximum absolute atomic E-state index is 11.2. The van der Waals surface area contributed by atoms with Gasteiger partial charge in [-0.1, -0.05) is 25.8 Å². The number of anilines is 2. The number of nitrogens with one attached hydrogen (secondary N) is 2. The van der Waals surface area contributed by atoms with Gasteiger partial charge >= 0.3 is 5.69 Å². The van der Waals surface area contributed by atoms with E-state index in [1.165, 1.54) is 12.8 Å². The summed E-state index contributed by atoms with van der Waals surface area (Å²) in [5.41, 5.74) is 1.38. The zero-order valence-electron chi connectivity index (χ0n) is 11.3. The van der Waals surface area contributed by atoms with Crippen molar-refractivity contribution < 1.29 is 4.92 Å². The Morgan fingerprint density at radius 1 is 1.26 bits per heavy atom. The largest absolute Gasteiger partial charge is 0.379 e. The molecule has 0 spiro atoms. The zero-order chi connectivity index (χ0) is 13.7. The van der Waals surface area contributed by atoms with Crippen LogP contribution in [0.4, 0.5) is 17.1 Å². The van der Waals surface area contributed by atoms with Crippen LogP contribution in [0.5, 0.6) is 0 Å². The normalized spacial score (nSPS) is 14.2. The molecule has 1 aromatic rings. The standard InChI is InChI=1S/C14H21N3O2/c1-2-9-15-12-4-3-5-13(14(12)17(18)19)16-10-8-11-6-7-11/h3-5,11,15-16H,2,6-10H2,1H3. The van der Waals surface area contributed by atoms with Crippen LogP contribution in [0, 0.1) is 16.0 Å². The Kier molecular flexibility index (Phi) is 4.60. The summed E-state index contributed by atoms with van der Waals surface area (Å²) < 4.78 is 0. The van der Waals surface area contributed by atoms with E-state index < -0.39 is 0 Å². The van der Waals surface area contributed by atoms with Crippen LogP contribution in [-0.4, -0.2) is 18.0 Å². The molecular weight excluding hydrogens is 242 g/mol. The molecular formula is C14H21N3O2. The van der Waals surface area contributed by atoms with Crippen LogP contribution in [0.2, 0.25) is 0 Å². The Bertz CT molecular complexity index is 444. The fourth-order valence-corrected chi connectivity index (χ4v) is 2.10. The van der Waals surface area contributed by atoms with Gasteiger partial charge in [0.05, 0.1) is 4.92 Å². The molecule has 1 saturated carbocycles. The highest BCUT2D eigenvalue weighted by Crippen LogP contribution is 2.35. The van der Waals surface area contributed by atoms with Crippen LogP contribution in [0.1, 0.15) is 32.6 Å². The summed E-state index contributed by atoms with van der Waals surface area (Å²) >= 11 is 0. The van der Waals surface area contributed by atoms with Gasteiger partial charge in [-0.25, -0.2) is 0 Å². The molecule has 0 radical (unpaired) electrons. The average molecular weight is 263 g/mol. The van der Waals surface area contributed by atoms with Crippen molar-refractivity contribution in [3.63, 3.8) is 0 Å². The third kappa shape index (κ3) is 3.84. The highest BCUT2D eigenvalue weighted by molar-refractivity contribution is 5.76. The van der Waals surface area contributed by atoms with Crippen molar-refractivity contribution in [1.29, 1.82) is 0 Å². The average Bonchev–Trinajstić information content (AvgIpc) is 3.20. The first-order chi connectivity index (χ1) is 9.22. The van der Waals surface area contributed by atoms with Gasteiger partial charge in [-0.2, -0.15) is 0 Å². The summed E-state index contributed by atoms with van der Waals surface area (Å²) in [5.74, 6) is 0.827. The second kappa shape index (κ2) is 6.41. The lowest BCUT2D eigenvalue weighted by Gasteiger charge is -2.11. The number of hydrogen-bond donors (Lipinski definition) is 2. The van der Waals surface area contributed by atoms with Crippen molar-refractivity contribution in [3.05, 3.63) is 28.3 Å². The van der Waals surface area contributed by atoms with Crippen molar-refractivity contribution in [2.45, 2.75) is 32.6 Å². The summed E-state index contributed by atoms with van der Waals surface area (Å²) in [7, 11) is 0. The van der Waals surface area contributed by atoms with Gasteiger partial charge in [0.1, 0.15) is 11.4 Å². The Hall–Kier alpha value is -1.78. The minimum atomic E-state index is -0.308. The fourth-order valence-electron chi connectivity index (χ4n) is 2.10. The Labute approximate surface area is 113 Å². The van der Waals surface area contributed by atoms with E-state index in [2.05, 4.69) is 10.6 Å². The molecule has 0 unspecified atom stereocenters. The minimum Gasteiger partial charge on any atom is -0.379 e. The fraction of sp³-hybridized carbons (Fsp3) is 0.571. The summed E-state index contributed by atoms with van der Waals surface area (Å²) in [5, 5.41) is 17.6. The zero-order valence-corrected chi connectivity index (χ0v) is 11.3. The van der Waals surface area contributed by atoms with Gasteiger partial charge in [0.2, 0.25) is 0 Å². The number of nitrogens with zero attached hydrogens (tertiary/aromatic N) is 1. The molecule has 1 aliphatic rings. The molecule has 5 nitrogen and oxygen atoms in total. The van der Waals surface area contributed by atoms with Crippen LogP contribution in [0.25, 0.3) is 0 Å². The van der Waals surface area contributed by atoms with Gasteiger partial charge < -0.3 is 10.6 Å². The number of rotatable bonds is 8. The molecule has 2 rings (SSSR count). The van der Waals surface area contributed by atoms with E-state index in [1.807, 2.05) is 13.0 Å². The van der Waals surface area contributed by atoms with E-state index in [-0.39, 0.29) is 10.6 Å². The van der Waals surface area contributed by atoms with Gasteiger partial charge in [-0.05, 0) is 30.9 Å². The predicted molar refractivity (Wildman–Crippen MR) is 77.7 cm³/mol. The monoisotopic (exact) mass is 263 g/mol. The predicted octanol–water partition coefficient (Wildman–Crippen LogP) is 3.63. The molecule has 0 aliphatic heterocycles. The maximum Gasteiger partial charge on any atom is 0.315 e. The van der Waals surface area contributed by atoms with E-state index in [1.54, 1.807) is 12.1 Å². The van der Waals surface area contributed by atoms with E-state index in [9.17, 15) is 10.1 Å². The van der Waals surface area contributed by atoms with Crippen LogP contribution < -0.4 is 10.6 Å². The SMILES string of the molecule is CCCNc1cccc(NCCC2CC2)c1[N+](=O)[O-]. The lowest BCUT2D eigenvalue weighted by molar-refractivity contribution is -0.383. The molecule has 0 saturated heterocycles. The molecule has 104 valence electrons. The molecule has 2 N–H and O–H groups in total. The second-order valence-electron chi connectivity index (χ2n) is 5.04. The van der Waals surface area contributed by atoms with Gasteiger partial charge in [0.25, 0.3) is 0 Å². The van der Waals surface area contributed by atoms with E-state index in [0.29, 0.717) is 11.4 Å². The first-order valence-corrected chi connectivity index (χ1v) is 6.97. The van der Waals surface area contributed by atoms with Gasteiger partial charge in [-0.15, -0.1) is 0 Å². The highest BCUT2D eigenvalue weighted by atomic mass is 16.6. The number of nitro benzene ring substituents is 1. The second-order valence-corrected chi connectivity index (χ2v) is 5.04. The number of nitro groups is 1.